The van der Waals surface area contributed by atoms with E-state index in [9.17, 15) is 4.79 Å². The summed E-state index contributed by atoms with van der Waals surface area (Å²) in [4.78, 5) is 14.6. The number of benzene rings is 2. The SMILES string of the molecule is CN(C)CCCNC(=O)Cn1c(-c2ccccc2)cc2ccccc21. The van der Waals surface area contributed by atoms with E-state index in [1.54, 1.807) is 0 Å². The lowest BCUT2D eigenvalue weighted by molar-refractivity contribution is -0.121. The minimum atomic E-state index is 0.0530. The van der Waals surface area contributed by atoms with Crippen molar-refractivity contribution < 1.29 is 4.79 Å². The van der Waals surface area contributed by atoms with Crippen molar-refractivity contribution in [3.63, 3.8) is 0 Å². The third-order valence-electron chi connectivity index (χ3n) is 4.29. The first kappa shape index (κ1) is 17.2. The van der Waals surface area contributed by atoms with Crippen LogP contribution >= 0.6 is 0 Å². The lowest BCUT2D eigenvalue weighted by atomic mass is 10.1. The maximum absolute atomic E-state index is 12.4. The molecule has 3 rings (SSSR count). The van der Waals surface area contributed by atoms with Gasteiger partial charge in [-0.3, -0.25) is 4.79 Å². The number of para-hydroxylation sites is 1. The van der Waals surface area contributed by atoms with Crippen LogP contribution in [0.15, 0.2) is 60.7 Å². The zero-order chi connectivity index (χ0) is 17.6. The molecule has 0 spiro atoms. The fourth-order valence-corrected chi connectivity index (χ4v) is 3.05. The molecule has 2 aromatic carbocycles. The number of aromatic nitrogens is 1. The van der Waals surface area contributed by atoms with Crippen LogP contribution in [-0.4, -0.2) is 42.6 Å². The Hall–Kier alpha value is -2.59. The Morgan fingerprint density at radius 3 is 2.52 bits per heavy atom. The quantitative estimate of drug-likeness (QED) is 0.672. The fourth-order valence-electron chi connectivity index (χ4n) is 3.05. The van der Waals surface area contributed by atoms with Crippen molar-refractivity contribution >= 4 is 16.8 Å². The monoisotopic (exact) mass is 335 g/mol. The predicted octanol–water partition coefficient (Wildman–Crippen LogP) is 3.38. The molecule has 0 fully saturated rings. The van der Waals surface area contributed by atoms with Gasteiger partial charge in [0.2, 0.25) is 5.91 Å². The second-order valence-corrected chi connectivity index (χ2v) is 6.55. The standard InChI is InChI=1S/C21H25N3O/c1-23(2)14-8-13-22-21(25)16-24-19-12-7-6-11-18(19)15-20(24)17-9-4-3-5-10-17/h3-7,9-12,15H,8,13-14,16H2,1-2H3,(H,22,25). The lowest BCUT2D eigenvalue weighted by Crippen LogP contribution is -2.30. The summed E-state index contributed by atoms with van der Waals surface area (Å²) in [7, 11) is 4.08. The number of amides is 1. The smallest absolute Gasteiger partial charge is 0.239 e. The van der Waals surface area contributed by atoms with E-state index in [0.717, 1.165) is 35.1 Å². The van der Waals surface area contributed by atoms with Crippen molar-refractivity contribution in [2.75, 3.05) is 27.2 Å². The van der Waals surface area contributed by atoms with Gasteiger partial charge in [0.25, 0.3) is 0 Å². The molecule has 0 atom stereocenters. The van der Waals surface area contributed by atoms with Crippen molar-refractivity contribution in [2.45, 2.75) is 13.0 Å². The number of carbonyl (C=O) groups excluding carboxylic acids is 1. The van der Waals surface area contributed by atoms with Crippen LogP contribution in [0.1, 0.15) is 6.42 Å². The first-order chi connectivity index (χ1) is 12.1. The molecule has 1 N–H and O–H groups in total. The van der Waals surface area contributed by atoms with Gasteiger partial charge >= 0.3 is 0 Å². The minimum absolute atomic E-state index is 0.0530. The largest absolute Gasteiger partial charge is 0.355 e. The molecule has 0 aliphatic heterocycles. The topological polar surface area (TPSA) is 37.3 Å². The van der Waals surface area contributed by atoms with Gasteiger partial charge in [-0.2, -0.15) is 0 Å². The van der Waals surface area contributed by atoms with Crippen LogP contribution in [0.5, 0.6) is 0 Å². The van der Waals surface area contributed by atoms with Crippen molar-refractivity contribution in [3.05, 3.63) is 60.7 Å². The van der Waals surface area contributed by atoms with E-state index in [4.69, 9.17) is 0 Å². The Bertz CT molecular complexity index is 837. The molecule has 0 aliphatic carbocycles. The van der Waals surface area contributed by atoms with Crippen LogP contribution in [-0.2, 0) is 11.3 Å². The van der Waals surface area contributed by atoms with Crippen LogP contribution in [0.25, 0.3) is 22.2 Å². The molecule has 0 saturated heterocycles. The van der Waals surface area contributed by atoms with Crippen molar-refractivity contribution in [2.24, 2.45) is 0 Å². The molecule has 0 saturated carbocycles. The fraction of sp³-hybridized carbons (Fsp3) is 0.286. The maximum atomic E-state index is 12.4. The lowest BCUT2D eigenvalue weighted by Gasteiger charge is -2.13. The van der Waals surface area contributed by atoms with E-state index < -0.39 is 0 Å². The highest BCUT2D eigenvalue weighted by Gasteiger charge is 2.13. The van der Waals surface area contributed by atoms with E-state index >= 15 is 0 Å². The summed E-state index contributed by atoms with van der Waals surface area (Å²) in [6.45, 7) is 2.01. The molecular weight excluding hydrogens is 310 g/mol. The number of carbonyl (C=O) groups is 1. The van der Waals surface area contributed by atoms with Gasteiger partial charge in [-0.15, -0.1) is 0 Å². The highest BCUT2D eigenvalue weighted by Crippen LogP contribution is 2.28. The Morgan fingerprint density at radius 1 is 1.04 bits per heavy atom. The molecule has 1 amide bonds. The number of hydrogen-bond acceptors (Lipinski definition) is 2. The van der Waals surface area contributed by atoms with E-state index in [-0.39, 0.29) is 5.91 Å². The normalized spacial score (nSPS) is 11.2. The van der Waals surface area contributed by atoms with Crippen LogP contribution in [0.4, 0.5) is 0 Å². The molecule has 4 nitrogen and oxygen atoms in total. The van der Waals surface area contributed by atoms with E-state index in [1.807, 2.05) is 44.4 Å². The zero-order valence-corrected chi connectivity index (χ0v) is 14.9. The number of nitrogens with one attached hydrogen (secondary N) is 1. The summed E-state index contributed by atoms with van der Waals surface area (Å²) in [5, 5.41) is 4.19. The highest BCUT2D eigenvalue weighted by molar-refractivity contribution is 5.89. The van der Waals surface area contributed by atoms with Gasteiger partial charge in [0.05, 0.1) is 0 Å². The summed E-state index contributed by atoms with van der Waals surface area (Å²) in [5.41, 5.74) is 3.29. The number of rotatable bonds is 7. The first-order valence-corrected chi connectivity index (χ1v) is 8.70. The molecule has 130 valence electrons. The van der Waals surface area contributed by atoms with E-state index in [1.165, 1.54) is 0 Å². The molecule has 0 aliphatic rings. The summed E-state index contributed by atoms with van der Waals surface area (Å²) < 4.78 is 2.10. The van der Waals surface area contributed by atoms with E-state index in [0.29, 0.717) is 13.1 Å². The van der Waals surface area contributed by atoms with Gasteiger partial charge in [-0.1, -0.05) is 48.5 Å². The van der Waals surface area contributed by atoms with Crippen molar-refractivity contribution in [1.82, 2.24) is 14.8 Å². The molecule has 1 aromatic heterocycles. The van der Waals surface area contributed by atoms with Crippen molar-refractivity contribution in [3.8, 4) is 11.3 Å². The minimum Gasteiger partial charge on any atom is -0.355 e. The Morgan fingerprint density at radius 2 is 1.76 bits per heavy atom. The molecular formula is C21H25N3O. The Labute approximate surface area is 149 Å². The predicted molar refractivity (Wildman–Crippen MR) is 104 cm³/mol. The summed E-state index contributed by atoms with van der Waals surface area (Å²) >= 11 is 0. The first-order valence-electron chi connectivity index (χ1n) is 8.70. The summed E-state index contributed by atoms with van der Waals surface area (Å²) in [6, 6.07) is 20.6. The highest BCUT2D eigenvalue weighted by atomic mass is 16.1. The average molecular weight is 335 g/mol. The second-order valence-electron chi connectivity index (χ2n) is 6.55. The van der Waals surface area contributed by atoms with Gasteiger partial charge in [-0.25, -0.2) is 0 Å². The maximum Gasteiger partial charge on any atom is 0.239 e. The second kappa shape index (κ2) is 7.99. The molecule has 25 heavy (non-hydrogen) atoms. The zero-order valence-electron chi connectivity index (χ0n) is 14.9. The number of hydrogen-bond donors (Lipinski definition) is 1. The van der Waals surface area contributed by atoms with Gasteiger partial charge in [-0.05, 0) is 44.8 Å². The van der Waals surface area contributed by atoms with Gasteiger partial charge < -0.3 is 14.8 Å². The molecule has 4 heteroatoms. The third kappa shape index (κ3) is 4.28. The molecule has 0 radical (unpaired) electrons. The van der Waals surface area contributed by atoms with E-state index in [2.05, 4.69) is 45.1 Å². The van der Waals surface area contributed by atoms with Gasteiger partial charge in [0.1, 0.15) is 6.54 Å². The van der Waals surface area contributed by atoms with Crippen LogP contribution in [0.2, 0.25) is 0 Å². The average Bonchev–Trinajstić information content (AvgIpc) is 2.98. The number of nitrogens with zero attached hydrogens (tertiary/aromatic N) is 2. The van der Waals surface area contributed by atoms with Gasteiger partial charge in [0.15, 0.2) is 0 Å². The van der Waals surface area contributed by atoms with Crippen LogP contribution < -0.4 is 5.32 Å². The van der Waals surface area contributed by atoms with Crippen LogP contribution in [0, 0.1) is 0 Å². The molecule has 3 aromatic rings. The van der Waals surface area contributed by atoms with Gasteiger partial charge in [0, 0.05) is 23.1 Å². The number of fused-ring (bicyclic) bond motifs is 1. The molecule has 0 bridgehead atoms. The molecule has 0 unspecified atom stereocenters. The van der Waals surface area contributed by atoms with Crippen LogP contribution in [0.3, 0.4) is 0 Å². The molecule has 1 heterocycles. The third-order valence-corrected chi connectivity index (χ3v) is 4.29. The summed E-state index contributed by atoms with van der Waals surface area (Å²) in [5.74, 6) is 0.0530. The van der Waals surface area contributed by atoms with Crippen molar-refractivity contribution in [1.29, 1.82) is 0 Å². The Balaban J connectivity index is 1.81. The Kier molecular flexibility index (Phi) is 5.51. The summed E-state index contributed by atoms with van der Waals surface area (Å²) in [6.07, 6.45) is 0.955.